The van der Waals surface area contributed by atoms with Crippen molar-refractivity contribution in [3.8, 4) is 17.1 Å². The molecular formula is C40H47N3O6. The molecule has 0 bridgehead atoms. The molecule has 1 N–H and O–H groups in total. The first-order valence-corrected chi connectivity index (χ1v) is 16.7. The molecule has 0 spiro atoms. The van der Waals surface area contributed by atoms with Gasteiger partial charge in [-0.1, -0.05) is 91.0 Å². The number of carbonyl (C=O) groups is 2. The lowest BCUT2D eigenvalue weighted by molar-refractivity contribution is -0.0735. The number of benzene rings is 3. The minimum Gasteiger partial charge on any atom is -0.481 e. The number of rotatable bonds is 11. The van der Waals surface area contributed by atoms with Gasteiger partial charge in [-0.15, -0.1) is 0 Å². The molecule has 0 saturated carbocycles. The molecule has 0 unspecified atom stereocenters. The van der Waals surface area contributed by atoms with Gasteiger partial charge in [-0.05, 0) is 76.6 Å². The lowest BCUT2D eigenvalue weighted by Gasteiger charge is -2.33. The monoisotopic (exact) mass is 665 g/mol. The fourth-order valence-electron chi connectivity index (χ4n) is 6.23. The molecule has 49 heavy (non-hydrogen) atoms. The first-order chi connectivity index (χ1) is 23.4. The van der Waals surface area contributed by atoms with Crippen LogP contribution in [-0.2, 0) is 33.7 Å². The molecule has 3 aromatic carbocycles. The summed E-state index contributed by atoms with van der Waals surface area (Å²) in [6.45, 7) is 9.43. The average Bonchev–Trinajstić information content (AvgIpc) is 3.32. The second-order valence-electron chi connectivity index (χ2n) is 13.8. The van der Waals surface area contributed by atoms with E-state index in [0.29, 0.717) is 25.1 Å². The number of amides is 2. The Morgan fingerprint density at radius 2 is 1.53 bits per heavy atom. The van der Waals surface area contributed by atoms with Gasteiger partial charge in [-0.2, -0.15) is 0 Å². The van der Waals surface area contributed by atoms with Crippen molar-refractivity contribution in [1.82, 2.24) is 15.2 Å². The van der Waals surface area contributed by atoms with Gasteiger partial charge in [0.2, 0.25) is 5.88 Å². The number of aromatic nitrogens is 1. The van der Waals surface area contributed by atoms with Gasteiger partial charge in [-0.25, -0.2) is 14.6 Å². The van der Waals surface area contributed by atoms with Gasteiger partial charge >= 0.3 is 12.2 Å². The van der Waals surface area contributed by atoms with Crippen molar-refractivity contribution >= 4 is 12.2 Å². The van der Waals surface area contributed by atoms with E-state index in [2.05, 4.69) is 10.3 Å². The normalized spacial score (nSPS) is 17.6. The van der Waals surface area contributed by atoms with Crippen LogP contribution < -0.4 is 10.1 Å². The molecule has 0 radical (unpaired) electrons. The third-order valence-corrected chi connectivity index (χ3v) is 8.37. The van der Waals surface area contributed by atoms with Crippen molar-refractivity contribution in [3.05, 3.63) is 120 Å². The first-order valence-electron chi connectivity index (χ1n) is 16.7. The van der Waals surface area contributed by atoms with Crippen LogP contribution in [0.25, 0.3) is 11.3 Å². The fraction of sp³-hybridized carbons (Fsp3) is 0.375. The van der Waals surface area contributed by atoms with E-state index in [0.717, 1.165) is 27.9 Å². The predicted octanol–water partition coefficient (Wildman–Crippen LogP) is 7.97. The van der Waals surface area contributed by atoms with E-state index >= 15 is 0 Å². The number of hydrogen-bond acceptors (Lipinski definition) is 7. The number of pyridine rings is 1. The highest BCUT2D eigenvalue weighted by Gasteiger charge is 2.51. The third-order valence-electron chi connectivity index (χ3n) is 8.37. The van der Waals surface area contributed by atoms with Gasteiger partial charge in [-0.3, -0.25) is 4.90 Å². The van der Waals surface area contributed by atoms with Crippen molar-refractivity contribution in [2.45, 2.75) is 90.0 Å². The van der Waals surface area contributed by atoms with Crippen molar-refractivity contribution in [3.63, 3.8) is 0 Å². The summed E-state index contributed by atoms with van der Waals surface area (Å²) in [6, 6.07) is 32.7. The minimum absolute atomic E-state index is 0.142. The topological polar surface area (TPSA) is 99.2 Å². The molecule has 9 nitrogen and oxygen atoms in total. The van der Waals surface area contributed by atoms with Crippen LogP contribution in [0.15, 0.2) is 103 Å². The highest BCUT2D eigenvalue weighted by molar-refractivity contribution is 5.70. The average molecular weight is 666 g/mol. The van der Waals surface area contributed by atoms with Gasteiger partial charge < -0.3 is 24.3 Å². The third kappa shape index (κ3) is 9.83. The van der Waals surface area contributed by atoms with Crippen LogP contribution >= 0.6 is 0 Å². The van der Waals surface area contributed by atoms with Gasteiger partial charge in [0.1, 0.15) is 17.9 Å². The van der Waals surface area contributed by atoms with Crippen molar-refractivity contribution < 1.29 is 28.5 Å². The Labute approximate surface area is 289 Å². The summed E-state index contributed by atoms with van der Waals surface area (Å²) in [5.74, 6) is 0.546. The van der Waals surface area contributed by atoms with Crippen LogP contribution in [-0.4, -0.2) is 58.7 Å². The minimum atomic E-state index is -0.975. The summed E-state index contributed by atoms with van der Waals surface area (Å²) in [5, 5.41) is 3.09. The van der Waals surface area contributed by atoms with Gasteiger partial charge in [0.05, 0.1) is 24.9 Å². The Morgan fingerprint density at radius 3 is 2.16 bits per heavy atom. The molecule has 1 aliphatic heterocycles. The van der Waals surface area contributed by atoms with Crippen molar-refractivity contribution in [2.75, 3.05) is 7.11 Å². The SMILES string of the molecule is COc1cccc(-c2ccc(C[C@H]3[C@H](C[C@H](Cc4ccccc4)NC(=O)OC(C)(C)C)OC(C)(C)N3C(=O)OCc3ccccc3)cc2)n1. The second-order valence-corrected chi connectivity index (χ2v) is 13.8. The van der Waals surface area contributed by atoms with E-state index in [1.165, 1.54) is 0 Å². The first kappa shape index (κ1) is 35.4. The quantitative estimate of drug-likeness (QED) is 0.174. The van der Waals surface area contributed by atoms with E-state index in [1.54, 1.807) is 12.0 Å². The molecule has 3 atom stereocenters. The van der Waals surface area contributed by atoms with Crippen molar-refractivity contribution in [1.29, 1.82) is 0 Å². The number of carbonyl (C=O) groups excluding carboxylic acids is 2. The van der Waals surface area contributed by atoms with Gasteiger partial charge in [0.15, 0.2) is 0 Å². The number of ether oxygens (including phenoxy) is 4. The summed E-state index contributed by atoms with van der Waals surface area (Å²) in [6.07, 6.45) is 0.124. The predicted molar refractivity (Wildman–Crippen MR) is 189 cm³/mol. The molecule has 1 aliphatic rings. The number of alkyl carbamates (subject to hydrolysis) is 1. The molecule has 9 heteroatoms. The maximum Gasteiger partial charge on any atom is 0.412 e. The van der Waals surface area contributed by atoms with Crippen LogP contribution in [0.3, 0.4) is 0 Å². The zero-order valence-electron chi connectivity index (χ0n) is 29.2. The summed E-state index contributed by atoms with van der Waals surface area (Å²) >= 11 is 0. The highest BCUT2D eigenvalue weighted by Crippen LogP contribution is 2.37. The van der Waals surface area contributed by atoms with E-state index in [4.69, 9.17) is 18.9 Å². The second kappa shape index (κ2) is 15.6. The number of methoxy groups -OCH3 is 1. The fourth-order valence-corrected chi connectivity index (χ4v) is 6.23. The Balaban J connectivity index is 1.43. The summed E-state index contributed by atoms with van der Waals surface area (Å²) in [5.41, 5.74) is 3.11. The molecule has 1 aromatic heterocycles. The highest BCUT2D eigenvalue weighted by atomic mass is 16.6. The Morgan fingerprint density at radius 1 is 0.878 bits per heavy atom. The summed E-state index contributed by atoms with van der Waals surface area (Å²) < 4.78 is 23.5. The Bertz CT molecular complexity index is 1670. The maximum absolute atomic E-state index is 13.9. The van der Waals surface area contributed by atoms with Crippen molar-refractivity contribution in [2.24, 2.45) is 0 Å². The van der Waals surface area contributed by atoms with Crippen LogP contribution in [0.4, 0.5) is 9.59 Å². The zero-order valence-corrected chi connectivity index (χ0v) is 29.2. The molecule has 5 rings (SSSR count). The molecule has 2 heterocycles. The van der Waals surface area contributed by atoms with Crippen LogP contribution in [0.5, 0.6) is 5.88 Å². The standard InChI is InChI=1S/C40H47N3O6/c1-39(2,3)49-37(44)41-32(24-28-14-9-7-10-15-28)26-35-34(25-29-20-22-31(23-21-29)33-18-13-19-36(42-33)46-6)43(40(4,5)48-35)38(45)47-27-30-16-11-8-12-17-30/h7-23,32,34-35H,24-27H2,1-6H3,(H,41,44)/t32-,34-,35-/m0/s1. The Hall–Kier alpha value is -4.89. The van der Waals surface area contributed by atoms with Gasteiger partial charge in [0.25, 0.3) is 0 Å². The lowest BCUT2D eigenvalue weighted by atomic mass is 9.93. The number of hydrogen-bond donors (Lipinski definition) is 1. The lowest BCUT2D eigenvalue weighted by Crippen LogP contribution is -2.50. The smallest absolute Gasteiger partial charge is 0.412 e. The molecule has 258 valence electrons. The van der Waals surface area contributed by atoms with E-state index in [9.17, 15) is 9.59 Å². The summed E-state index contributed by atoms with van der Waals surface area (Å²) in [4.78, 5) is 33.2. The number of nitrogens with one attached hydrogen (secondary N) is 1. The van der Waals surface area contributed by atoms with E-state index in [-0.39, 0.29) is 12.6 Å². The van der Waals surface area contributed by atoms with E-state index in [1.807, 2.05) is 138 Å². The Kier molecular flexibility index (Phi) is 11.2. The molecular weight excluding hydrogens is 618 g/mol. The van der Waals surface area contributed by atoms with Crippen LogP contribution in [0, 0.1) is 0 Å². The zero-order chi connectivity index (χ0) is 35.0. The van der Waals surface area contributed by atoms with Gasteiger partial charge in [0, 0.05) is 17.7 Å². The van der Waals surface area contributed by atoms with E-state index < -0.39 is 35.7 Å². The molecule has 0 aliphatic carbocycles. The van der Waals surface area contributed by atoms with Crippen LogP contribution in [0.1, 0.15) is 57.7 Å². The molecule has 1 fully saturated rings. The number of nitrogens with zero attached hydrogens (tertiary/aromatic N) is 2. The van der Waals surface area contributed by atoms with Crippen LogP contribution in [0.2, 0.25) is 0 Å². The molecule has 1 saturated heterocycles. The maximum atomic E-state index is 13.9. The molecule has 4 aromatic rings. The molecule has 2 amide bonds. The summed E-state index contributed by atoms with van der Waals surface area (Å²) in [7, 11) is 1.60. The largest absolute Gasteiger partial charge is 0.481 e.